The monoisotopic (exact) mass is 1380 g/mol. The molecule has 100 heavy (non-hydrogen) atoms. The van der Waals surface area contributed by atoms with Crippen molar-refractivity contribution in [2.75, 3.05) is 65.4 Å². The maximum atomic E-state index is 15.3. The summed E-state index contributed by atoms with van der Waals surface area (Å²) in [5, 5.41) is 37.5. The number of carboxylic acid groups (broad SMARTS) is 1. The van der Waals surface area contributed by atoms with Gasteiger partial charge >= 0.3 is 24.0 Å². The quantitative estimate of drug-likeness (QED) is 0.00616. The maximum absolute atomic E-state index is 15.3. The van der Waals surface area contributed by atoms with E-state index in [0.29, 0.717) is 75.0 Å². The van der Waals surface area contributed by atoms with Crippen LogP contribution >= 0.6 is 0 Å². The number of amides is 5. The number of nitro groups is 1. The number of unbranched alkanes of at least 4 members (excludes halogenated alkanes) is 2. The van der Waals surface area contributed by atoms with E-state index in [9.17, 15) is 48.8 Å². The first-order valence-electron chi connectivity index (χ1n) is 33.9. The van der Waals surface area contributed by atoms with E-state index < -0.39 is 93.2 Å². The van der Waals surface area contributed by atoms with Crippen LogP contribution in [0.2, 0.25) is 0 Å². The van der Waals surface area contributed by atoms with Gasteiger partial charge in [-0.1, -0.05) is 134 Å². The molecule has 1 aromatic heterocycles. The summed E-state index contributed by atoms with van der Waals surface area (Å²) in [6, 6.07) is 35.6. The fourth-order valence-corrected chi connectivity index (χ4v) is 11.9. The van der Waals surface area contributed by atoms with Crippen LogP contribution in [0, 0.1) is 10.1 Å². The van der Waals surface area contributed by atoms with Crippen molar-refractivity contribution in [3.8, 4) is 0 Å². The third-order valence-electron chi connectivity index (χ3n) is 16.4. The number of nitrogens with one attached hydrogen (secondary N) is 5. The van der Waals surface area contributed by atoms with Crippen molar-refractivity contribution in [1.82, 2.24) is 45.9 Å². The highest BCUT2D eigenvalue weighted by molar-refractivity contribution is 5.95. The Morgan fingerprint density at radius 2 is 1.01 bits per heavy atom. The standard InChI is InChI=1S/C75H96N10O15/c1-72(2,3)98-67(91)50-82-42-40-81(41-43-83(45-44-82)51-68(92)99-73(4,5)6)49-65(88)76-39-25-13-20-36-63(86)77-58(37-38-64(87)80-75(53-26-14-10-15-27-53,54-28-16-11-17-29-54)55-30-18-12-19-31-55)69(93)79-60(70(94)78-59(47-66(89)90)57-33-22-24-35-62(57)85(96)97)46-52-48-84(71(95)100-74(7,8)9)61-34-23-21-32-56(52)61/h10-12,14-19,21-24,26-35,48,58-60H,13,20,25,36-47,49-51H2,1-9H3,(H,76,88)(H,77,86)(H,78,94)(H,79,93)(H,80,87)(H,89,90)/t58-,59?,60-/m0/s1. The lowest BCUT2D eigenvalue weighted by atomic mass is 9.77. The molecule has 3 atom stereocenters. The second-order valence-electron chi connectivity index (χ2n) is 28.0. The van der Waals surface area contributed by atoms with E-state index in [2.05, 4.69) is 26.6 Å². The molecule has 25 heteroatoms. The number of nitro benzene ring substituents is 1. The molecule has 0 spiro atoms. The smallest absolute Gasteiger partial charge is 0.419 e. The minimum atomic E-state index is -1.62. The van der Waals surface area contributed by atoms with Crippen LogP contribution < -0.4 is 26.6 Å². The first-order valence-corrected chi connectivity index (χ1v) is 33.9. The van der Waals surface area contributed by atoms with Crippen LogP contribution in [-0.2, 0) is 64.5 Å². The summed E-state index contributed by atoms with van der Waals surface area (Å²) in [5.41, 5.74) is -1.19. The van der Waals surface area contributed by atoms with Crippen LogP contribution in [0.25, 0.3) is 10.9 Å². The molecule has 1 unspecified atom stereocenters. The lowest BCUT2D eigenvalue weighted by molar-refractivity contribution is -0.385. The average Bonchev–Trinajstić information content (AvgIpc) is 0.789. The predicted molar refractivity (Wildman–Crippen MR) is 376 cm³/mol. The molecule has 0 bridgehead atoms. The molecule has 7 rings (SSSR count). The van der Waals surface area contributed by atoms with Gasteiger partial charge in [0.2, 0.25) is 29.5 Å². The number of fused-ring (bicyclic) bond motifs is 1. The van der Waals surface area contributed by atoms with Crippen molar-refractivity contribution >= 4 is 70.1 Å². The Labute approximate surface area is 584 Å². The summed E-state index contributed by atoms with van der Waals surface area (Å²) < 4.78 is 18.2. The number of carbonyl (C=O) groups excluding carboxylic acids is 8. The number of ether oxygens (including phenoxy) is 3. The SMILES string of the molecule is CC(C)(C)OC(=O)CN1CCN(CC(=O)NCCCCCC(=O)N[C@@H](CCC(=O)NC(c2ccccc2)(c2ccccc2)c2ccccc2)C(=O)N[C@@H](Cc2cn(C(=O)OC(C)(C)C)c3ccccc23)C(=O)NC(CC(=O)O)c2ccccc2[N+](=O)[O-])CCN(CC(=O)OC(C)(C)C)CC1. The Balaban J connectivity index is 1.11. The Hall–Kier alpha value is -9.85. The van der Waals surface area contributed by atoms with Gasteiger partial charge < -0.3 is 45.9 Å². The molecule has 1 aliphatic rings. The number of hydrogen-bond acceptors (Lipinski definition) is 17. The zero-order valence-corrected chi connectivity index (χ0v) is 58.7. The molecule has 0 aliphatic carbocycles. The lowest BCUT2D eigenvalue weighted by Gasteiger charge is -2.37. The highest BCUT2D eigenvalue weighted by Crippen LogP contribution is 2.37. The number of carbonyl (C=O) groups is 9. The van der Waals surface area contributed by atoms with Crippen LogP contribution in [0.15, 0.2) is 146 Å². The number of para-hydroxylation sites is 2. The number of rotatable bonds is 30. The van der Waals surface area contributed by atoms with Crippen molar-refractivity contribution in [2.45, 2.75) is 154 Å². The molecular weight excluding hydrogens is 1280 g/mol. The van der Waals surface area contributed by atoms with Crippen LogP contribution in [0.5, 0.6) is 0 Å². The Bertz CT molecular complexity index is 3650. The molecule has 0 radical (unpaired) electrons. The third-order valence-corrected chi connectivity index (χ3v) is 16.4. The number of aliphatic carboxylic acids is 1. The summed E-state index contributed by atoms with van der Waals surface area (Å²) in [6.45, 7) is 19.0. The molecule has 2 heterocycles. The number of hydrogen-bond donors (Lipinski definition) is 6. The van der Waals surface area contributed by atoms with E-state index in [1.807, 2.05) is 106 Å². The van der Waals surface area contributed by atoms with E-state index in [1.54, 1.807) is 86.6 Å². The number of aromatic nitrogens is 1. The molecule has 5 amide bonds. The number of nitrogens with zero attached hydrogens (tertiary/aromatic N) is 5. The van der Waals surface area contributed by atoms with Crippen LogP contribution in [0.1, 0.15) is 141 Å². The van der Waals surface area contributed by atoms with Crippen molar-refractivity contribution in [1.29, 1.82) is 0 Å². The number of carboxylic acids is 1. The minimum absolute atomic E-state index is 0.0260. The van der Waals surface area contributed by atoms with Crippen molar-refractivity contribution in [3.05, 3.63) is 184 Å². The second-order valence-corrected chi connectivity index (χ2v) is 28.0. The molecule has 536 valence electrons. The van der Waals surface area contributed by atoms with Crippen LogP contribution in [0.4, 0.5) is 10.5 Å². The van der Waals surface area contributed by atoms with Gasteiger partial charge in [0.25, 0.3) is 5.69 Å². The van der Waals surface area contributed by atoms with E-state index in [4.69, 9.17) is 14.2 Å². The van der Waals surface area contributed by atoms with Crippen molar-refractivity contribution in [3.63, 3.8) is 0 Å². The van der Waals surface area contributed by atoms with Gasteiger partial charge in [0, 0.05) is 82.7 Å². The van der Waals surface area contributed by atoms with E-state index >= 15 is 9.59 Å². The fourth-order valence-electron chi connectivity index (χ4n) is 11.9. The van der Waals surface area contributed by atoms with Gasteiger partial charge in [-0.3, -0.25) is 67.7 Å². The van der Waals surface area contributed by atoms with E-state index in [0.717, 1.165) is 16.7 Å². The Kier molecular flexibility index (Phi) is 27.7. The van der Waals surface area contributed by atoms with E-state index in [-0.39, 0.29) is 75.3 Å². The van der Waals surface area contributed by atoms with Gasteiger partial charge in [0.05, 0.1) is 48.1 Å². The molecule has 1 aliphatic heterocycles. The van der Waals surface area contributed by atoms with Gasteiger partial charge in [-0.25, -0.2) is 4.79 Å². The zero-order chi connectivity index (χ0) is 72.8. The summed E-state index contributed by atoms with van der Waals surface area (Å²) in [4.78, 5) is 143. The van der Waals surface area contributed by atoms with Crippen LogP contribution in [-0.4, -0.2) is 177 Å². The molecule has 1 saturated heterocycles. The second kappa shape index (κ2) is 35.8. The summed E-state index contributed by atoms with van der Waals surface area (Å²) in [6.07, 6.45) is 0.0446. The van der Waals surface area contributed by atoms with Gasteiger partial charge in [-0.05, 0) is 110 Å². The topological polar surface area (TPSA) is 319 Å². The fraction of sp³-hybridized carbons (Fsp3) is 0.453. The maximum Gasteiger partial charge on any atom is 0.419 e. The molecule has 25 nitrogen and oxygen atoms in total. The normalized spacial score (nSPS) is 14.5. The first-order chi connectivity index (χ1) is 47.4. The molecule has 6 N–H and O–H groups in total. The van der Waals surface area contributed by atoms with Gasteiger partial charge in [0.15, 0.2) is 0 Å². The molecule has 6 aromatic rings. The van der Waals surface area contributed by atoms with Crippen molar-refractivity contribution in [2.24, 2.45) is 0 Å². The van der Waals surface area contributed by atoms with Crippen molar-refractivity contribution < 1.29 is 67.4 Å². The molecule has 1 fully saturated rings. The van der Waals surface area contributed by atoms with Gasteiger partial charge in [-0.2, -0.15) is 0 Å². The summed E-state index contributed by atoms with van der Waals surface area (Å²) in [7, 11) is 0. The molecule has 0 saturated carbocycles. The lowest BCUT2D eigenvalue weighted by Crippen LogP contribution is -2.55. The highest BCUT2D eigenvalue weighted by Gasteiger charge is 2.39. The highest BCUT2D eigenvalue weighted by atomic mass is 16.6. The van der Waals surface area contributed by atoms with Gasteiger partial charge in [-0.15, -0.1) is 0 Å². The number of benzene rings is 5. The zero-order valence-electron chi connectivity index (χ0n) is 58.7. The summed E-state index contributed by atoms with van der Waals surface area (Å²) >= 11 is 0. The third kappa shape index (κ3) is 24.0. The Morgan fingerprint density at radius 3 is 1.52 bits per heavy atom. The predicted octanol–water partition coefficient (Wildman–Crippen LogP) is 8.35. The number of esters is 2. The van der Waals surface area contributed by atoms with E-state index in [1.165, 1.54) is 35.0 Å². The molecule has 5 aromatic carbocycles. The summed E-state index contributed by atoms with van der Waals surface area (Å²) in [5.74, 6) is -5.41. The first kappa shape index (κ1) is 77.5. The Morgan fingerprint density at radius 1 is 0.530 bits per heavy atom. The minimum Gasteiger partial charge on any atom is -0.481 e. The van der Waals surface area contributed by atoms with Gasteiger partial charge in [0.1, 0.15) is 34.4 Å². The largest absolute Gasteiger partial charge is 0.481 e. The average molecular weight is 1380 g/mol. The van der Waals surface area contributed by atoms with Crippen LogP contribution in [0.3, 0.4) is 0 Å². The molecular formula is C75H96N10O15.